The number of guanidine groups is 1. The standard InChI is InChI=1S/C16H27N3O.HI/c1-4-17-16(18-11-5-6-13(2)3)19-12-14-7-9-15(20)10-8-14;/h7-10,13,20H,4-6,11-12H2,1-3H3,(H2,17,18,19);1H. The van der Waals surface area contributed by atoms with Crippen LogP contribution in [0.1, 0.15) is 39.2 Å². The minimum atomic E-state index is 0. The van der Waals surface area contributed by atoms with Crippen molar-refractivity contribution in [2.75, 3.05) is 13.1 Å². The number of halogens is 1. The zero-order valence-corrected chi connectivity index (χ0v) is 15.6. The molecule has 1 rings (SSSR count). The zero-order valence-electron chi connectivity index (χ0n) is 13.2. The maximum absolute atomic E-state index is 9.25. The second kappa shape index (κ2) is 11.7. The summed E-state index contributed by atoms with van der Waals surface area (Å²) in [4.78, 5) is 4.54. The second-order valence-corrected chi connectivity index (χ2v) is 5.32. The van der Waals surface area contributed by atoms with Crippen LogP contribution in [0.5, 0.6) is 5.75 Å². The van der Waals surface area contributed by atoms with E-state index in [0.717, 1.165) is 37.0 Å². The lowest BCUT2D eigenvalue weighted by Crippen LogP contribution is -2.37. The number of phenols is 1. The zero-order chi connectivity index (χ0) is 14.8. The number of aromatic hydroxyl groups is 1. The van der Waals surface area contributed by atoms with Gasteiger partial charge < -0.3 is 15.7 Å². The SMILES string of the molecule is CCNC(=NCc1ccc(O)cc1)NCCCC(C)C.I. The van der Waals surface area contributed by atoms with Crippen molar-refractivity contribution in [3.8, 4) is 5.75 Å². The second-order valence-electron chi connectivity index (χ2n) is 5.32. The van der Waals surface area contributed by atoms with Crippen LogP contribution in [0.15, 0.2) is 29.3 Å². The number of aliphatic imine (C=N–C) groups is 1. The van der Waals surface area contributed by atoms with E-state index in [1.165, 1.54) is 6.42 Å². The van der Waals surface area contributed by atoms with Gasteiger partial charge in [0.05, 0.1) is 6.54 Å². The molecule has 0 saturated heterocycles. The maximum Gasteiger partial charge on any atom is 0.191 e. The van der Waals surface area contributed by atoms with E-state index in [1.807, 2.05) is 12.1 Å². The fraction of sp³-hybridized carbons (Fsp3) is 0.562. The number of benzene rings is 1. The molecular formula is C16H28IN3O. The van der Waals surface area contributed by atoms with Gasteiger partial charge in [-0.3, -0.25) is 0 Å². The van der Waals surface area contributed by atoms with Gasteiger partial charge in [0.25, 0.3) is 0 Å². The summed E-state index contributed by atoms with van der Waals surface area (Å²) in [6, 6.07) is 7.16. The summed E-state index contributed by atoms with van der Waals surface area (Å²) in [7, 11) is 0. The van der Waals surface area contributed by atoms with Crippen molar-refractivity contribution in [3.05, 3.63) is 29.8 Å². The summed E-state index contributed by atoms with van der Waals surface area (Å²) < 4.78 is 0. The third-order valence-electron chi connectivity index (χ3n) is 2.95. The summed E-state index contributed by atoms with van der Waals surface area (Å²) in [5, 5.41) is 15.8. The number of hydrogen-bond acceptors (Lipinski definition) is 2. The van der Waals surface area contributed by atoms with Crippen molar-refractivity contribution >= 4 is 29.9 Å². The molecule has 0 saturated carbocycles. The summed E-state index contributed by atoms with van der Waals surface area (Å²) in [6.45, 7) is 8.95. The summed E-state index contributed by atoms with van der Waals surface area (Å²) in [5.74, 6) is 1.88. The highest BCUT2D eigenvalue weighted by Crippen LogP contribution is 2.10. The van der Waals surface area contributed by atoms with Gasteiger partial charge in [-0.05, 0) is 43.4 Å². The van der Waals surface area contributed by atoms with E-state index in [-0.39, 0.29) is 29.7 Å². The molecule has 4 nitrogen and oxygen atoms in total. The molecule has 0 unspecified atom stereocenters. The van der Waals surface area contributed by atoms with Gasteiger partial charge in [-0.25, -0.2) is 4.99 Å². The highest BCUT2D eigenvalue weighted by atomic mass is 127. The van der Waals surface area contributed by atoms with Crippen LogP contribution in [-0.2, 0) is 6.54 Å². The first-order valence-corrected chi connectivity index (χ1v) is 7.42. The van der Waals surface area contributed by atoms with Crippen molar-refractivity contribution in [2.24, 2.45) is 10.9 Å². The van der Waals surface area contributed by atoms with E-state index in [1.54, 1.807) is 12.1 Å². The molecular weight excluding hydrogens is 377 g/mol. The molecule has 0 aliphatic heterocycles. The Kier molecular flexibility index (Phi) is 11.1. The van der Waals surface area contributed by atoms with Gasteiger partial charge in [0.2, 0.25) is 0 Å². The minimum absolute atomic E-state index is 0. The van der Waals surface area contributed by atoms with Crippen LogP contribution >= 0.6 is 24.0 Å². The van der Waals surface area contributed by atoms with Crippen LogP contribution in [0.2, 0.25) is 0 Å². The molecule has 3 N–H and O–H groups in total. The maximum atomic E-state index is 9.25. The lowest BCUT2D eigenvalue weighted by Gasteiger charge is -2.12. The molecule has 0 aliphatic rings. The molecule has 0 aromatic heterocycles. The van der Waals surface area contributed by atoms with Gasteiger partial charge in [-0.1, -0.05) is 26.0 Å². The highest BCUT2D eigenvalue weighted by Gasteiger charge is 1.99. The molecule has 1 aromatic rings. The normalized spacial score (nSPS) is 11.1. The van der Waals surface area contributed by atoms with Crippen molar-refractivity contribution in [2.45, 2.75) is 40.2 Å². The Hall–Kier alpha value is -0.980. The lowest BCUT2D eigenvalue weighted by atomic mass is 10.1. The average Bonchev–Trinajstić information content (AvgIpc) is 2.42. The molecule has 5 heteroatoms. The molecule has 0 spiro atoms. The Morgan fingerprint density at radius 3 is 2.43 bits per heavy atom. The minimum Gasteiger partial charge on any atom is -0.508 e. The van der Waals surface area contributed by atoms with E-state index in [2.05, 4.69) is 36.4 Å². The van der Waals surface area contributed by atoms with Gasteiger partial charge in [0.1, 0.15) is 5.75 Å². The quantitative estimate of drug-likeness (QED) is 0.282. The molecule has 0 heterocycles. The summed E-state index contributed by atoms with van der Waals surface area (Å²) in [5.41, 5.74) is 1.09. The highest BCUT2D eigenvalue weighted by molar-refractivity contribution is 14.0. The number of nitrogens with one attached hydrogen (secondary N) is 2. The van der Waals surface area contributed by atoms with E-state index in [9.17, 15) is 5.11 Å². The molecule has 0 fully saturated rings. The molecule has 0 atom stereocenters. The Morgan fingerprint density at radius 1 is 1.19 bits per heavy atom. The number of phenolic OH excluding ortho intramolecular Hbond substituents is 1. The lowest BCUT2D eigenvalue weighted by molar-refractivity contribution is 0.475. The first-order chi connectivity index (χ1) is 9.61. The van der Waals surface area contributed by atoms with Crippen LogP contribution in [0.4, 0.5) is 0 Å². The first-order valence-electron chi connectivity index (χ1n) is 7.42. The Labute approximate surface area is 145 Å². The van der Waals surface area contributed by atoms with E-state index in [4.69, 9.17) is 0 Å². The smallest absolute Gasteiger partial charge is 0.191 e. The largest absolute Gasteiger partial charge is 0.508 e. The van der Waals surface area contributed by atoms with E-state index in [0.29, 0.717) is 6.54 Å². The predicted molar refractivity (Wildman–Crippen MR) is 100 cm³/mol. The topological polar surface area (TPSA) is 56.7 Å². The van der Waals surface area contributed by atoms with Crippen LogP contribution in [0.25, 0.3) is 0 Å². The summed E-state index contributed by atoms with van der Waals surface area (Å²) in [6.07, 6.45) is 2.38. The van der Waals surface area contributed by atoms with Gasteiger partial charge in [0.15, 0.2) is 5.96 Å². The number of hydrogen-bond donors (Lipinski definition) is 3. The van der Waals surface area contributed by atoms with E-state index < -0.39 is 0 Å². The van der Waals surface area contributed by atoms with Crippen LogP contribution in [-0.4, -0.2) is 24.2 Å². The fourth-order valence-electron chi connectivity index (χ4n) is 1.83. The Balaban J connectivity index is 0.00000400. The van der Waals surface area contributed by atoms with Gasteiger partial charge in [0, 0.05) is 13.1 Å². The molecule has 21 heavy (non-hydrogen) atoms. The van der Waals surface area contributed by atoms with Crippen molar-refractivity contribution in [3.63, 3.8) is 0 Å². The van der Waals surface area contributed by atoms with Crippen LogP contribution < -0.4 is 10.6 Å². The van der Waals surface area contributed by atoms with Crippen LogP contribution in [0, 0.1) is 5.92 Å². The van der Waals surface area contributed by atoms with Crippen molar-refractivity contribution in [1.82, 2.24) is 10.6 Å². The van der Waals surface area contributed by atoms with Gasteiger partial charge >= 0.3 is 0 Å². The molecule has 0 radical (unpaired) electrons. The third kappa shape index (κ3) is 9.55. The van der Waals surface area contributed by atoms with Crippen LogP contribution in [0.3, 0.4) is 0 Å². The Bertz CT molecular complexity index is 404. The summed E-state index contributed by atoms with van der Waals surface area (Å²) >= 11 is 0. The average molecular weight is 405 g/mol. The number of rotatable bonds is 7. The molecule has 0 aliphatic carbocycles. The van der Waals surface area contributed by atoms with Crippen molar-refractivity contribution in [1.29, 1.82) is 0 Å². The monoisotopic (exact) mass is 405 g/mol. The Morgan fingerprint density at radius 2 is 1.86 bits per heavy atom. The molecule has 120 valence electrons. The fourth-order valence-corrected chi connectivity index (χ4v) is 1.83. The van der Waals surface area contributed by atoms with E-state index >= 15 is 0 Å². The molecule has 1 aromatic carbocycles. The van der Waals surface area contributed by atoms with Crippen molar-refractivity contribution < 1.29 is 5.11 Å². The molecule has 0 bridgehead atoms. The third-order valence-corrected chi connectivity index (χ3v) is 2.95. The molecule has 0 amide bonds. The number of nitrogens with zero attached hydrogens (tertiary/aromatic N) is 1. The van der Waals surface area contributed by atoms with Gasteiger partial charge in [-0.2, -0.15) is 0 Å². The van der Waals surface area contributed by atoms with Gasteiger partial charge in [-0.15, -0.1) is 24.0 Å². The first kappa shape index (κ1) is 20.0. The predicted octanol–water partition coefficient (Wildman–Crippen LogP) is 3.50.